The number of hydrogen-bond acceptors (Lipinski definition) is 3. The topological polar surface area (TPSA) is 55.4 Å². The first kappa shape index (κ1) is 21.7. The monoisotopic (exact) mass is 435 g/mol. The molecule has 1 aromatic rings. The Morgan fingerprint density at radius 1 is 1.03 bits per heavy atom. The van der Waals surface area contributed by atoms with Gasteiger partial charge < -0.3 is 10.1 Å². The van der Waals surface area contributed by atoms with Gasteiger partial charge in [0.15, 0.2) is 0 Å². The minimum Gasteiger partial charge on any atom is -0.465 e. The fraction of sp³-hybridized carbons (Fsp3) is 0.643. The highest BCUT2D eigenvalue weighted by Gasteiger charge is 2.69. The SMILES string of the molecule is CC1(C)C=CC[C@]2(C)[C@H]3CC[C@H](C(=O)Nc4ccccc4)[C@]4(COC(=O)C4)[C@]3(C)CC[C@@H]12. The number of hydrogen-bond donors (Lipinski definition) is 1. The summed E-state index contributed by atoms with van der Waals surface area (Å²) in [5, 5.41) is 3.15. The summed E-state index contributed by atoms with van der Waals surface area (Å²) in [7, 11) is 0. The van der Waals surface area contributed by atoms with Gasteiger partial charge in [-0.05, 0) is 72.3 Å². The van der Waals surface area contributed by atoms with Gasteiger partial charge in [0.25, 0.3) is 0 Å². The first-order valence-electron chi connectivity index (χ1n) is 12.3. The van der Waals surface area contributed by atoms with E-state index in [0.29, 0.717) is 24.9 Å². The van der Waals surface area contributed by atoms with Gasteiger partial charge in [0.1, 0.15) is 0 Å². The molecule has 6 atom stereocenters. The van der Waals surface area contributed by atoms with Gasteiger partial charge in [-0.25, -0.2) is 0 Å². The van der Waals surface area contributed by atoms with Gasteiger partial charge >= 0.3 is 5.97 Å². The highest BCUT2D eigenvalue weighted by atomic mass is 16.5. The Balaban J connectivity index is 1.53. The van der Waals surface area contributed by atoms with E-state index in [4.69, 9.17) is 4.74 Å². The van der Waals surface area contributed by atoms with E-state index in [9.17, 15) is 9.59 Å². The van der Waals surface area contributed by atoms with E-state index >= 15 is 0 Å². The molecule has 5 rings (SSSR count). The van der Waals surface area contributed by atoms with Crippen LogP contribution < -0.4 is 5.32 Å². The summed E-state index contributed by atoms with van der Waals surface area (Å²) in [6.45, 7) is 10.0. The summed E-state index contributed by atoms with van der Waals surface area (Å²) in [6.07, 6.45) is 10.3. The Kier molecular flexibility index (Phi) is 4.89. The predicted octanol–water partition coefficient (Wildman–Crippen LogP) is 5.99. The average Bonchev–Trinajstić information content (AvgIpc) is 3.12. The van der Waals surface area contributed by atoms with E-state index in [-0.39, 0.29) is 34.0 Å². The van der Waals surface area contributed by atoms with Crippen LogP contribution in [-0.4, -0.2) is 18.5 Å². The maximum absolute atomic E-state index is 13.6. The lowest BCUT2D eigenvalue weighted by atomic mass is 9.36. The summed E-state index contributed by atoms with van der Waals surface area (Å²) in [5.74, 6) is 0.810. The molecular formula is C28H37NO3. The largest absolute Gasteiger partial charge is 0.465 e. The van der Waals surface area contributed by atoms with Crippen molar-refractivity contribution in [1.29, 1.82) is 0 Å². The molecule has 1 saturated heterocycles. The molecule has 2 saturated carbocycles. The van der Waals surface area contributed by atoms with Gasteiger partial charge in [-0.3, -0.25) is 9.59 Å². The molecule has 1 spiro atoms. The molecule has 4 heteroatoms. The van der Waals surface area contributed by atoms with Crippen LogP contribution in [0.3, 0.4) is 0 Å². The highest BCUT2D eigenvalue weighted by molar-refractivity contribution is 5.94. The first-order chi connectivity index (χ1) is 15.1. The van der Waals surface area contributed by atoms with Gasteiger partial charge in [-0.2, -0.15) is 0 Å². The van der Waals surface area contributed by atoms with Crippen LogP contribution in [0.2, 0.25) is 0 Å². The number of para-hydroxylation sites is 1. The number of esters is 1. The number of carbonyl (C=O) groups excluding carboxylic acids is 2. The molecule has 3 aliphatic carbocycles. The molecule has 32 heavy (non-hydrogen) atoms. The lowest BCUT2D eigenvalue weighted by Gasteiger charge is -2.68. The second-order valence-corrected chi connectivity index (χ2v) is 12.0. The van der Waals surface area contributed by atoms with Crippen molar-refractivity contribution in [2.75, 3.05) is 11.9 Å². The zero-order valence-corrected chi connectivity index (χ0v) is 19.9. The van der Waals surface area contributed by atoms with E-state index in [1.165, 1.54) is 0 Å². The van der Waals surface area contributed by atoms with Crippen LogP contribution in [0.4, 0.5) is 5.69 Å². The molecule has 1 aliphatic heterocycles. The van der Waals surface area contributed by atoms with Crippen molar-refractivity contribution in [2.24, 2.45) is 39.4 Å². The van der Waals surface area contributed by atoms with Crippen LogP contribution in [0.1, 0.15) is 66.2 Å². The second kappa shape index (κ2) is 7.20. The van der Waals surface area contributed by atoms with Crippen LogP contribution in [0.15, 0.2) is 42.5 Å². The summed E-state index contributed by atoms with van der Waals surface area (Å²) in [4.78, 5) is 26.2. The van der Waals surface area contributed by atoms with E-state index in [1.54, 1.807) is 0 Å². The number of carbonyl (C=O) groups is 2. The molecule has 0 aromatic heterocycles. The van der Waals surface area contributed by atoms with Crippen molar-refractivity contribution in [3.05, 3.63) is 42.5 Å². The minimum absolute atomic E-state index is 0.0466. The lowest BCUT2D eigenvalue weighted by Crippen LogP contribution is -2.64. The van der Waals surface area contributed by atoms with Gasteiger partial charge in [0.05, 0.1) is 13.0 Å². The average molecular weight is 436 g/mol. The Morgan fingerprint density at radius 3 is 2.47 bits per heavy atom. The third-order valence-electron chi connectivity index (χ3n) is 10.2. The quantitative estimate of drug-likeness (QED) is 0.458. The summed E-state index contributed by atoms with van der Waals surface area (Å²) in [5.41, 5.74) is 0.670. The van der Waals surface area contributed by atoms with Crippen molar-refractivity contribution in [3.8, 4) is 0 Å². The molecule has 0 radical (unpaired) electrons. The smallest absolute Gasteiger partial charge is 0.306 e. The van der Waals surface area contributed by atoms with Crippen LogP contribution in [0.25, 0.3) is 0 Å². The number of rotatable bonds is 2. The molecule has 0 unspecified atom stereocenters. The van der Waals surface area contributed by atoms with Gasteiger partial charge in [0.2, 0.25) is 5.91 Å². The Morgan fingerprint density at radius 2 is 1.78 bits per heavy atom. The highest BCUT2D eigenvalue weighted by Crippen LogP contribution is 2.72. The Bertz CT molecular complexity index is 953. The van der Waals surface area contributed by atoms with Crippen LogP contribution >= 0.6 is 0 Å². The number of benzene rings is 1. The van der Waals surface area contributed by atoms with Crippen molar-refractivity contribution in [2.45, 2.75) is 66.2 Å². The third kappa shape index (κ3) is 2.94. The summed E-state index contributed by atoms with van der Waals surface area (Å²) < 4.78 is 5.67. The summed E-state index contributed by atoms with van der Waals surface area (Å²) in [6, 6.07) is 9.68. The molecule has 172 valence electrons. The number of fused-ring (bicyclic) bond motifs is 4. The minimum atomic E-state index is -0.425. The standard InChI is InChI=1S/C28H37NO3/c1-25(2)14-8-15-26(3)21(25)13-16-27(4)22(26)12-11-20(28(27)17-23(30)32-18-28)24(31)29-19-9-6-5-7-10-19/h5-10,14,20-22H,11-13,15-18H2,1-4H3,(H,29,31)/t20-,21+,22-,26+,27-,28+/m1/s1. The zero-order chi connectivity index (χ0) is 22.8. The molecular weight excluding hydrogens is 398 g/mol. The molecule has 4 nitrogen and oxygen atoms in total. The fourth-order valence-electron chi connectivity index (χ4n) is 8.70. The van der Waals surface area contributed by atoms with Gasteiger partial charge in [-0.1, -0.05) is 58.0 Å². The lowest BCUT2D eigenvalue weighted by molar-refractivity contribution is -0.196. The normalized spacial score (nSPS) is 42.1. The summed E-state index contributed by atoms with van der Waals surface area (Å²) >= 11 is 0. The maximum Gasteiger partial charge on any atom is 0.306 e. The number of allylic oxidation sites excluding steroid dienone is 2. The Labute approximate surface area is 192 Å². The van der Waals surface area contributed by atoms with Crippen molar-refractivity contribution < 1.29 is 14.3 Å². The number of ether oxygens (including phenoxy) is 1. The van der Waals surface area contributed by atoms with Crippen molar-refractivity contribution >= 4 is 17.6 Å². The molecule has 1 aromatic carbocycles. The number of anilines is 1. The van der Waals surface area contributed by atoms with Gasteiger partial charge in [-0.15, -0.1) is 0 Å². The van der Waals surface area contributed by atoms with Gasteiger partial charge in [0, 0.05) is 17.0 Å². The van der Waals surface area contributed by atoms with Crippen molar-refractivity contribution in [1.82, 2.24) is 0 Å². The molecule has 1 N–H and O–H groups in total. The third-order valence-corrected chi connectivity index (χ3v) is 10.2. The van der Waals surface area contributed by atoms with Crippen LogP contribution in [-0.2, 0) is 14.3 Å². The molecule has 1 amide bonds. The fourth-order valence-corrected chi connectivity index (χ4v) is 8.70. The first-order valence-corrected chi connectivity index (χ1v) is 12.3. The van der Waals surface area contributed by atoms with Crippen LogP contribution in [0.5, 0.6) is 0 Å². The van der Waals surface area contributed by atoms with E-state index < -0.39 is 5.41 Å². The zero-order valence-electron chi connectivity index (χ0n) is 19.9. The molecule has 3 fully saturated rings. The predicted molar refractivity (Wildman–Crippen MR) is 126 cm³/mol. The Hall–Kier alpha value is -2.10. The number of amides is 1. The van der Waals surface area contributed by atoms with E-state index in [1.807, 2.05) is 30.3 Å². The molecule has 0 bridgehead atoms. The maximum atomic E-state index is 13.6. The molecule has 4 aliphatic rings. The van der Waals surface area contributed by atoms with Crippen LogP contribution in [0, 0.1) is 39.4 Å². The van der Waals surface area contributed by atoms with Crippen molar-refractivity contribution in [3.63, 3.8) is 0 Å². The number of nitrogens with one attached hydrogen (secondary N) is 1. The second-order valence-electron chi connectivity index (χ2n) is 12.0. The molecule has 1 heterocycles. The van der Waals surface area contributed by atoms with E-state index in [2.05, 4.69) is 45.2 Å². The number of cyclic esters (lactones) is 1. The van der Waals surface area contributed by atoms with E-state index in [0.717, 1.165) is 37.8 Å².